The van der Waals surface area contributed by atoms with Crippen molar-refractivity contribution in [3.05, 3.63) is 97.2 Å². The minimum atomic E-state index is -4.65. The molecule has 0 aliphatic carbocycles. The van der Waals surface area contributed by atoms with Gasteiger partial charge in [-0.25, -0.2) is 0 Å². The predicted molar refractivity (Wildman–Crippen MR) is 406 cm³/mol. The Morgan fingerprint density at radius 3 is 0.904 bits per heavy atom. The van der Waals surface area contributed by atoms with Gasteiger partial charge < -0.3 is 27.9 Å². The summed E-state index contributed by atoms with van der Waals surface area (Å²) in [5.74, 6) is -0.822. The highest BCUT2D eigenvalue weighted by Crippen LogP contribution is 2.38. The van der Waals surface area contributed by atoms with Gasteiger partial charge in [-0.3, -0.25) is 14.2 Å². The maximum Gasteiger partial charge on any atom is 0.306 e. The van der Waals surface area contributed by atoms with Crippen molar-refractivity contribution in [2.24, 2.45) is 0 Å². The molecule has 0 aromatic rings. The van der Waals surface area contributed by atoms with Crippen LogP contribution < -0.4 is 4.89 Å². The molecule has 2 atom stereocenters. The number of carbonyl (C=O) groups excluding carboxylic acids is 2. The van der Waals surface area contributed by atoms with E-state index in [9.17, 15) is 19.0 Å². The van der Waals surface area contributed by atoms with Crippen molar-refractivity contribution in [2.75, 3.05) is 47.5 Å². The van der Waals surface area contributed by atoms with E-state index >= 15 is 0 Å². The first-order valence-corrected chi connectivity index (χ1v) is 41.4. The first-order valence-electron chi connectivity index (χ1n) is 39.9. The Morgan fingerprint density at radius 1 is 0.340 bits per heavy atom. The fourth-order valence-corrected chi connectivity index (χ4v) is 12.2. The number of unbranched alkanes of at least 4 members (excludes halogenated alkanes) is 44. The number of allylic oxidation sites excluding steroid dienone is 16. The van der Waals surface area contributed by atoms with Gasteiger partial charge >= 0.3 is 11.9 Å². The molecule has 0 bridgehead atoms. The van der Waals surface area contributed by atoms with Crippen LogP contribution in [0.3, 0.4) is 0 Å². The molecule has 0 saturated heterocycles. The normalized spacial score (nSPS) is 13.6. The molecule has 0 aromatic carbocycles. The van der Waals surface area contributed by atoms with Crippen LogP contribution in [0.4, 0.5) is 0 Å². The second-order valence-corrected chi connectivity index (χ2v) is 29.5. The maximum atomic E-state index is 12.9. The van der Waals surface area contributed by atoms with E-state index in [2.05, 4.69) is 111 Å². The van der Waals surface area contributed by atoms with Crippen molar-refractivity contribution < 1.29 is 42.1 Å². The highest BCUT2D eigenvalue weighted by Gasteiger charge is 2.22. The van der Waals surface area contributed by atoms with Gasteiger partial charge in [0.15, 0.2) is 6.10 Å². The van der Waals surface area contributed by atoms with Crippen LogP contribution in [-0.4, -0.2) is 70.0 Å². The summed E-state index contributed by atoms with van der Waals surface area (Å²) in [6.45, 7) is 4.16. The van der Waals surface area contributed by atoms with Crippen LogP contribution >= 0.6 is 7.82 Å². The van der Waals surface area contributed by atoms with Crippen LogP contribution in [0.2, 0.25) is 0 Å². The maximum absolute atomic E-state index is 12.9. The molecule has 0 amide bonds. The second-order valence-electron chi connectivity index (χ2n) is 28.0. The largest absolute Gasteiger partial charge is 0.756 e. The smallest absolute Gasteiger partial charge is 0.306 e. The Morgan fingerprint density at radius 2 is 0.606 bits per heavy atom. The zero-order valence-corrected chi connectivity index (χ0v) is 63.3. The summed E-state index contributed by atoms with van der Waals surface area (Å²) < 4.78 is 34.4. The number of phosphoric acid groups is 1. The van der Waals surface area contributed by atoms with Crippen LogP contribution in [0.15, 0.2) is 97.2 Å². The molecule has 94 heavy (non-hydrogen) atoms. The second kappa shape index (κ2) is 74.2. The molecule has 0 rings (SSSR count). The van der Waals surface area contributed by atoms with Gasteiger partial charge in [-0.05, 0) is 96.3 Å². The molecule has 0 fully saturated rings. The lowest BCUT2D eigenvalue weighted by molar-refractivity contribution is -0.870. The summed E-state index contributed by atoms with van der Waals surface area (Å²) in [6.07, 6.45) is 104. The number of likely N-dealkylation sites (N-methyl/N-ethyl adjacent to an activating group) is 1. The van der Waals surface area contributed by atoms with Gasteiger partial charge in [-0.2, -0.15) is 0 Å². The molecule has 0 aliphatic heterocycles. The summed E-state index contributed by atoms with van der Waals surface area (Å²) in [4.78, 5) is 38.2. The van der Waals surface area contributed by atoms with E-state index in [1.165, 1.54) is 257 Å². The molecule has 0 heterocycles. The molecule has 9 nitrogen and oxygen atoms in total. The zero-order chi connectivity index (χ0) is 68.3. The van der Waals surface area contributed by atoms with Gasteiger partial charge in [0.1, 0.15) is 19.8 Å². The van der Waals surface area contributed by atoms with Gasteiger partial charge in [0.25, 0.3) is 7.82 Å². The Balaban J connectivity index is 3.93. The zero-order valence-electron chi connectivity index (χ0n) is 62.4. The number of hydrogen-bond donors (Lipinski definition) is 0. The standard InChI is InChI=1S/C84H152NO8P/c1-6-8-10-12-14-16-18-20-22-24-26-28-30-32-34-36-38-39-40-41-42-43-44-45-47-48-50-52-54-56-58-60-62-64-66-68-70-72-74-76-83(86)90-80-82(81-92-94(88,89)91-79-78-85(3,4)5)93-84(87)77-75-73-71-69-67-65-63-61-59-57-55-53-51-49-46-37-35-33-31-29-27-25-23-21-19-17-15-13-11-9-7-2/h9,11,15,17-18,20-21,23-24,26-27,29,33,35,46,49,82H,6-8,10,12-14,16,19,22,25,28,30-32,34,36-45,47-48,50-81H2,1-5H3/b11-9-,17-15-,20-18-,23-21-,26-24-,29-27-,35-33-,49-46-. The van der Waals surface area contributed by atoms with Crippen LogP contribution in [0.5, 0.6) is 0 Å². The SMILES string of the molecule is CC/C=C\C/C=C\C/C=C\C/C=C\C/C=C\C/C=C\CCCCCCCCCCCCCCC(=O)OC(COC(=O)CCCCCCCCCCCCCCCCCCCCCCCCCCCCC/C=C\C/C=C\CCCCCCC)COP(=O)([O-])OCC[N+](C)(C)C. The Bertz CT molecular complexity index is 1910. The molecule has 0 spiro atoms. The lowest BCUT2D eigenvalue weighted by Gasteiger charge is -2.28. The number of ether oxygens (including phenoxy) is 2. The van der Waals surface area contributed by atoms with Gasteiger partial charge in [0.05, 0.1) is 27.7 Å². The summed E-state index contributed by atoms with van der Waals surface area (Å²) in [5, 5.41) is 0. The summed E-state index contributed by atoms with van der Waals surface area (Å²) in [5.41, 5.74) is 0. The molecule has 0 aromatic heterocycles. The Hall–Kier alpha value is -3.07. The van der Waals surface area contributed by atoms with E-state index in [1.54, 1.807) is 0 Å². The van der Waals surface area contributed by atoms with E-state index < -0.39 is 26.5 Å². The highest BCUT2D eigenvalue weighted by molar-refractivity contribution is 7.45. The first-order chi connectivity index (χ1) is 46.0. The van der Waals surface area contributed by atoms with Crippen molar-refractivity contribution >= 4 is 19.8 Å². The van der Waals surface area contributed by atoms with Crippen molar-refractivity contribution in [3.8, 4) is 0 Å². The van der Waals surface area contributed by atoms with Gasteiger partial charge in [0, 0.05) is 12.8 Å². The number of carbonyl (C=O) groups is 2. The highest BCUT2D eigenvalue weighted by atomic mass is 31.2. The first kappa shape index (κ1) is 90.9. The Labute approximate surface area is 583 Å². The van der Waals surface area contributed by atoms with Crippen LogP contribution in [-0.2, 0) is 32.7 Å². The molecule has 0 saturated carbocycles. The van der Waals surface area contributed by atoms with E-state index in [-0.39, 0.29) is 32.0 Å². The summed E-state index contributed by atoms with van der Waals surface area (Å²) in [6, 6.07) is 0. The van der Waals surface area contributed by atoms with Crippen molar-refractivity contribution in [2.45, 2.75) is 380 Å². The fourth-order valence-electron chi connectivity index (χ4n) is 11.5. The molecule has 10 heteroatoms. The lowest BCUT2D eigenvalue weighted by Crippen LogP contribution is -2.37. The molecule has 0 N–H and O–H groups in total. The molecule has 0 aliphatic rings. The summed E-state index contributed by atoms with van der Waals surface area (Å²) in [7, 11) is 1.17. The molecule has 546 valence electrons. The van der Waals surface area contributed by atoms with Crippen molar-refractivity contribution in [1.82, 2.24) is 0 Å². The third-order valence-electron chi connectivity index (χ3n) is 17.6. The van der Waals surface area contributed by atoms with Crippen molar-refractivity contribution in [3.63, 3.8) is 0 Å². The lowest BCUT2D eigenvalue weighted by atomic mass is 10.0. The number of esters is 2. The average molecular weight is 1340 g/mol. The summed E-state index contributed by atoms with van der Waals surface area (Å²) >= 11 is 0. The van der Waals surface area contributed by atoms with E-state index in [4.69, 9.17) is 18.5 Å². The number of phosphoric ester groups is 1. The molecular formula is C84H152NO8P. The molecular weight excluding hydrogens is 1180 g/mol. The van der Waals surface area contributed by atoms with Crippen LogP contribution in [0.1, 0.15) is 373 Å². The van der Waals surface area contributed by atoms with E-state index in [0.717, 1.165) is 83.5 Å². The predicted octanol–water partition coefficient (Wildman–Crippen LogP) is 26.0. The van der Waals surface area contributed by atoms with E-state index in [0.29, 0.717) is 17.4 Å². The quantitative estimate of drug-likeness (QED) is 0.0195. The number of hydrogen-bond acceptors (Lipinski definition) is 8. The van der Waals surface area contributed by atoms with E-state index in [1.807, 2.05) is 21.1 Å². The molecule has 2 unspecified atom stereocenters. The van der Waals surface area contributed by atoms with Crippen LogP contribution in [0, 0.1) is 0 Å². The van der Waals surface area contributed by atoms with Crippen LogP contribution in [0.25, 0.3) is 0 Å². The van der Waals surface area contributed by atoms with Gasteiger partial charge in [-0.15, -0.1) is 0 Å². The van der Waals surface area contributed by atoms with Gasteiger partial charge in [0.2, 0.25) is 0 Å². The number of nitrogens with zero attached hydrogens (tertiary/aromatic N) is 1. The fraction of sp³-hybridized carbons (Fsp3) is 0.786. The monoisotopic (exact) mass is 1330 g/mol. The molecule has 0 radical (unpaired) electrons. The average Bonchev–Trinajstić information content (AvgIpc) is 1.66. The minimum absolute atomic E-state index is 0.0326. The number of quaternary nitrogens is 1. The Kier molecular flexibility index (Phi) is 71.7. The minimum Gasteiger partial charge on any atom is -0.756 e. The number of rotatable bonds is 74. The van der Waals surface area contributed by atoms with Crippen molar-refractivity contribution in [1.29, 1.82) is 0 Å². The third-order valence-corrected chi connectivity index (χ3v) is 18.6. The third kappa shape index (κ3) is 77.9. The topological polar surface area (TPSA) is 111 Å². The van der Waals surface area contributed by atoms with Gasteiger partial charge in [-0.1, -0.05) is 361 Å².